The summed E-state index contributed by atoms with van der Waals surface area (Å²) >= 11 is 0. The quantitative estimate of drug-likeness (QED) is 0.756. The lowest BCUT2D eigenvalue weighted by Crippen LogP contribution is -2.38. The molecular formula is C17H34N2. The zero-order valence-electron chi connectivity index (χ0n) is 13.2. The van der Waals surface area contributed by atoms with Crippen LogP contribution < -0.4 is 5.32 Å². The maximum Gasteiger partial charge on any atom is 0.00952 e. The summed E-state index contributed by atoms with van der Waals surface area (Å²) in [6, 6.07) is 0.912. The Morgan fingerprint density at radius 3 is 2.47 bits per heavy atom. The molecule has 2 rings (SSSR count). The Morgan fingerprint density at radius 1 is 1.05 bits per heavy atom. The van der Waals surface area contributed by atoms with Crippen LogP contribution in [0.5, 0.6) is 0 Å². The molecule has 1 atom stereocenters. The van der Waals surface area contributed by atoms with Crippen LogP contribution in [0.3, 0.4) is 0 Å². The highest BCUT2D eigenvalue weighted by molar-refractivity contribution is 4.79. The third-order valence-electron chi connectivity index (χ3n) is 5.06. The van der Waals surface area contributed by atoms with Crippen LogP contribution in [0.1, 0.15) is 65.2 Å². The van der Waals surface area contributed by atoms with Gasteiger partial charge in [-0.15, -0.1) is 0 Å². The fraction of sp³-hybridized carbons (Fsp3) is 1.00. The molecule has 2 fully saturated rings. The van der Waals surface area contributed by atoms with E-state index in [1.54, 1.807) is 0 Å². The van der Waals surface area contributed by atoms with Gasteiger partial charge in [0.05, 0.1) is 0 Å². The molecule has 1 unspecified atom stereocenters. The van der Waals surface area contributed by atoms with E-state index in [0.29, 0.717) is 0 Å². The van der Waals surface area contributed by atoms with Gasteiger partial charge in [-0.1, -0.05) is 26.7 Å². The predicted molar refractivity (Wildman–Crippen MR) is 83.5 cm³/mol. The Labute approximate surface area is 120 Å². The van der Waals surface area contributed by atoms with E-state index >= 15 is 0 Å². The Balaban J connectivity index is 1.74. The fourth-order valence-electron chi connectivity index (χ4n) is 3.69. The largest absolute Gasteiger partial charge is 0.316 e. The molecule has 2 heteroatoms. The summed E-state index contributed by atoms with van der Waals surface area (Å²) in [5.41, 5.74) is 0. The summed E-state index contributed by atoms with van der Waals surface area (Å²) in [6.45, 7) is 9.92. The Bertz CT molecular complexity index is 227. The van der Waals surface area contributed by atoms with Gasteiger partial charge in [-0.05, 0) is 76.5 Å². The van der Waals surface area contributed by atoms with Crippen molar-refractivity contribution in [2.24, 2.45) is 11.8 Å². The van der Waals surface area contributed by atoms with Gasteiger partial charge in [0.15, 0.2) is 0 Å². The summed E-state index contributed by atoms with van der Waals surface area (Å²) in [5.74, 6) is 1.79. The van der Waals surface area contributed by atoms with Gasteiger partial charge in [0.25, 0.3) is 0 Å². The van der Waals surface area contributed by atoms with E-state index in [2.05, 4.69) is 24.1 Å². The molecule has 0 aromatic rings. The molecule has 1 heterocycles. The first kappa shape index (κ1) is 15.3. The summed E-state index contributed by atoms with van der Waals surface area (Å²) in [4.78, 5) is 2.83. The number of nitrogens with zero attached hydrogens (tertiary/aromatic N) is 1. The Kier molecular flexibility index (Phi) is 6.66. The van der Waals surface area contributed by atoms with Crippen molar-refractivity contribution in [1.29, 1.82) is 0 Å². The second-order valence-electron chi connectivity index (χ2n) is 7.16. The molecule has 2 aliphatic rings. The molecule has 1 aliphatic heterocycles. The van der Waals surface area contributed by atoms with E-state index in [0.717, 1.165) is 17.9 Å². The standard InChI is InChI=1S/C17H34N2/c1-15(2)9-12-19(17-7-3-4-8-17)13-10-16-6-5-11-18-14-16/h15-18H,3-14H2,1-2H3. The zero-order valence-corrected chi connectivity index (χ0v) is 13.2. The van der Waals surface area contributed by atoms with E-state index in [1.165, 1.54) is 77.5 Å². The third-order valence-corrected chi connectivity index (χ3v) is 5.06. The maximum absolute atomic E-state index is 3.56. The van der Waals surface area contributed by atoms with Gasteiger partial charge in [0.1, 0.15) is 0 Å². The van der Waals surface area contributed by atoms with E-state index in [4.69, 9.17) is 0 Å². The van der Waals surface area contributed by atoms with Crippen molar-refractivity contribution in [3.05, 3.63) is 0 Å². The van der Waals surface area contributed by atoms with Crippen molar-refractivity contribution in [1.82, 2.24) is 10.2 Å². The van der Waals surface area contributed by atoms with Crippen molar-refractivity contribution in [3.8, 4) is 0 Å². The first-order valence-corrected chi connectivity index (χ1v) is 8.70. The lowest BCUT2D eigenvalue weighted by atomic mass is 9.95. The zero-order chi connectivity index (χ0) is 13.5. The first-order chi connectivity index (χ1) is 9.25. The van der Waals surface area contributed by atoms with E-state index in [-0.39, 0.29) is 0 Å². The second-order valence-corrected chi connectivity index (χ2v) is 7.16. The highest BCUT2D eigenvalue weighted by Gasteiger charge is 2.23. The number of piperidine rings is 1. The number of hydrogen-bond donors (Lipinski definition) is 1. The first-order valence-electron chi connectivity index (χ1n) is 8.70. The normalized spacial score (nSPS) is 25.6. The summed E-state index contributed by atoms with van der Waals surface area (Å²) < 4.78 is 0. The minimum absolute atomic E-state index is 0.847. The third kappa shape index (κ3) is 5.43. The Morgan fingerprint density at radius 2 is 1.84 bits per heavy atom. The Hall–Kier alpha value is -0.0800. The van der Waals surface area contributed by atoms with Gasteiger partial charge < -0.3 is 10.2 Å². The molecule has 19 heavy (non-hydrogen) atoms. The number of rotatable bonds is 7. The maximum atomic E-state index is 3.56. The van der Waals surface area contributed by atoms with E-state index < -0.39 is 0 Å². The SMILES string of the molecule is CC(C)CCN(CCC1CCCNC1)C1CCCC1. The van der Waals surface area contributed by atoms with Gasteiger partial charge in [0, 0.05) is 6.04 Å². The lowest BCUT2D eigenvalue weighted by Gasteiger charge is -2.32. The van der Waals surface area contributed by atoms with Crippen molar-refractivity contribution in [3.63, 3.8) is 0 Å². The van der Waals surface area contributed by atoms with Gasteiger partial charge in [-0.3, -0.25) is 0 Å². The molecule has 0 aromatic heterocycles. The van der Waals surface area contributed by atoms with Gasteiger partial charge in [-0.25, -0.2) is 0 Å². The lowest BCUT2D eigenvalue weighted by molar-refractivity contribution is 0.170. The molecule has 1 aliphatic carbocycles. The van der Waals surface area contributed by atoms with Crippen LogP contribution in [0.15, 0.2) is 0 Å². The summed E-state index contributed by atoms with van der Waals surface area (Å²) in [7, 11) is 0. The van der Waals surface area contributed by atoms with Gasteiger partial charge >= 0.3 is 0 Å². The van der Waals surface area contributed by atoms with Crippen molar-refractivity contribution in [2.45, 2.75) is 71.3 Å². The van der Waals surface area contributed by atoms with Crippen molar-refractivity contribution in [2.75, 3.05) is 26.2 Å². The molecule has 0 amide bonds. The van der Waals surface area contributed by atoms with Crippen LogP contribution in [0, 0.1) is 11.8 Å². The highest BCUT2D eigenvalue weighted by Crippen LogP contribution is 2.25. The van der Waals surface area contributed by atoms with Crippen LogP contribution in [0.2, 0.25) is 0 Å². The molecule has 1 saturated carbocycles. The van der Waals surface area contributed by atoms with Crippen LogP contribution in [-0.2, 0) is 0 Å². The predicted octanol–water partition coefficient (Wildman–Crippen LogP) is 3.67. The molecule has 2 nitrogen and oxygen atoms in total. The summed E-state index contributed by atoms with van der Waals surface area (Å²) in [6.07, 6.45) is 11.5. The molecule has 0 radical (unpaired) electrons. The van der Waals surface area contributed by atoms with Crippen molar-refractivity contribution < 1.29 is 0 Å². The molecule has 1 saturated heterocycles. The molecule has 0 spiro atoms. The topological polar surface area (TPSA) is 15.3 Å². The van der Waals surface area contributed by atoms with Crippen LogP contribution in [0.4, 0.5) is 0 Å². The smallest absolute Gasteiger partial charge is 0.00952 e. The van der Waals surface area contributed by atoms with Crippen molar-refractivity contribution >= 4 is 0 Å². The molecule has 0 aromatic carbocycles. The average Bonchev–Trinajstić information content (AvgIpc) is 2.93. The van der Waals surface area contributed by atoms with Crippen LogP contribution in [-0.4, -0.2) is 37.1 Å². The molecular weight excluding hydrogens is 232 g/mol. The van der Waals surface area contributed by atoms with E-state index in [1.807, 2.05) is 0 Å². The monoisotopic (exact) mass is 266 g/mol. The van der Waals surface area contributed by atoms with Crippen LogP contribution >= 0.6 is 0 Å². The second kappa shape index (κ2) is 8.26. The number of nitrogens with one attached hydrogen (secondary N) is 1. The fourth-order valence-corrected chi connectivity index (χ4v) is 3.69. The minimum Gasteiger partial charge on any atom is -0.316 e. The van der Waals surface area contributed by atoms with Gasteiger partial charge in [0.2, 0.25) is 0 Å². The average molecular weight is 266 g/mol. The molecule has 112 valence electrons. The van der Waals surface area contributed by atoms with Gasteiger partial charge in [-0.2, -0.15) is 0 Å². The highest BCUT2D eigenvalue weighted by atomic mass is 15.2. The minimum atomic E-state index is 0.847. The molecule has 0 bridgehead atoms. The summed E-state index contributed by atoms with van der Waals surface area (Å²) in [5, 5.41) is 3.56. The number of hydrogen-bond acceptors (Lipinski definition) is 2. The van der Waals surface area contributed by atoms with E-state index in [9.17, 15) is 0 Å². The molecule has 1 N–H and O–H groups in total. The van der Waals surface area contributed by atoms with Crippen LogP contribution in [0.25, 0.3) is 0 Å².